The lowest BCUT2D eigenvalue weighted by molar-refractivity contribution is -0.173. The second-order valence-electron chi connectivity index (χ2n) is 6.78. The number of furan rings is 1. The molecule has 0 bridgehead atoms. The number of pyridine rings is 1. The minimum atomic E-state index is -1.00. The summed E-state index contributed by atoms with van der Waals surface area (Å²) in [5.74, 6) is -0.380. The van der Waals surface area contributed by atoms with Gasteiger partial charge < -0.3 is 18.9 Å². The third kappa shape index (κ3) is 3.03. The van der Waals surface area contributed by atoms with Crippen LogP contribution in [-0.2, 0) is 26.3 Å². The molecule has 1 N–H and O–H groups in total. The van der Waals surface area contributed by atoms with Gasteiger partial charge >= 0.3 is 5.97 Å². The third-order valence-electron chi connectivity index (χ3n) is 4.96. The zero-order chi connectivity index (χ0) is 19.1. The Morgan fingerprint density at radius 2 is 2.15 bits per heavy atom. The van der Waals surface area contributed by atoms with E-state index in [1.165, 1.54) is 13.2 Å². The van der Waals surface area contributed by atoms with Crippen molar-refractivity contribution < 1.29 is 18.7 Å². The van der Waals surface area contributed by atoms with Gasteiger partial charge in [-0.25, -0.2) is 0 Å². The van der Waals surface area contributed by atoms with Gasteiger partial charge in [0.1, 0.15) is 11.7 Å². The summed E-state index contributed by atoms with van der Waals surface area (Å²) in [6.07, 6.45) is 2.40. The van der Waals surface area contributed by atoms with E-state index >= 15 is 0 Å². The number of fused-ring (bicyclic) bond motifs is 2. The molecule has 3 rings (SSSR count). The lowest BCUT2D eigenvalue weighted by atomic mass is 9.77. The van der Waals surface area contributed by atoms with E-state index in [0.717, 1.165) is 10.1 Å². The zero-order valence-electron chi connectivity index (χ0n) is 15.3. The number of carbonyl (C=O) groups excluding carboxylic acids is 1. The standard InChI is InChI=1S/C19H22BrNO5/c1-10(2)14(20)9-19(24-4)15(26-11(3)22)6-5-12-16(23)13-7-8-25-18(13)21-17(12)19/h7-8,15H,5-6,9H2,1-4H3,(H,21,23). The Bertz CT molecular complexity index is 937. The summed E-state index contributed by atoms with van der Waals surface area (Å²) in [6, 6.07) is 1.66. The fraction of sp³-hybridized carbons (Fsp3) is 0.474. The highest BCUT2D eigenvalue weighted by Crippen LogP contribution is 2.44. The van der Waals surface area contributed by atoms with Gasteiger partial charge in [-0.15, -0.1) is 0 Å². The van der Waals surface area contributed by atoms with E-state index in [0.29, 0.717) is 41.6 Å². The summed E-state index contributed by atoms with van der Waals surface area (Å²) in [7, 11) is 1.57. The van der Waals surface area contributed by atoms with Gasteiger partial charge in [0, 0.05) is 26.0 Å². The average molecular weight is 424 g/mol. The van der Waals surface area contributed by atoms with Crippen molar-refractivity contribution in [1.29, 1.82) is 0 Å². The van der Waals surface area contributed by atoms with Crippen molar-refractivity contribution in [3.05, 3.63) is 43.9 Å². The molecule has 0 fully saturated rings. The first kappa shape index (κ1) is 18.9. The van der Waals surface area contributed by atoms with Crippen molar-refractivity contribution in [2.24, 2.45) is 0 Å². The summed E-state index contributed by atoms with van der Waals surface area (Å²) in [6.45, 7) is 5.34. The molecular formula is C19H22BrNO5. The summed E-state index contributed by atoms with van der Waals surface area (Å²) in [5, 5.41) is 0.515. The molecule has 6 nitrogen and oxygen atoms in total. The van der Waals surface area contributed by atoms with E-state index in [1.807, 2.05) is 13.8 Å². The smallest absolute Gasteiger partial charge is 0.303 e. The molecule has 2 heterocycles. The van der Waals surface area contributed by atoms with E-state index in [4.69, 9.17) is 13.9 Å². The average Bonchev–Trinajstić information content (AvgIpc) is 3.05. The minimum Gasteiger partial charge on any atom is -0.459 e. The molecule has 7 heteroatoms. The van der Waals surface area contributed by atoms with Crippen molar-refractivity contribution in [1.82, 2.24) is 4.98 Å². The van der Waals surface area contributed by atoms with Gasteiger partial charge in [0.05, 0.1) is 17.3 Å². The molecule has 0 aliphatic heterocycles. The number of rotatable bonds is 4. The Morgan fingerprint density at radius 1 is 1.42 bits per heavy atom. The fourth-order valence-corrected chi connectivity index (χ4v) is 4.01. The molecule has 2 aromatic heterocycles. The van der Waals surface area contributed by atoms with Gasteiger partial charge in [-0.1, -0.05) is 21.5 Å². The number of H-pyrrole nitrogens is 1. The minimum absolute atomic E-state index is 0.0708. The van der Waals surface area contributed by atoms with E-state index in [-0.39, 0.29) is 11.4 Å². The van der Waals surface area contributed by atoms with Crippen molar-refractivity contribution in [3.8, 4) is 0 Å². The molecule has 0 spiro atoms. The van der Waals surface area contributed by atoms with Crippen LogP contribution in [0.25, 0.3) is 11.1 Å². The summed E-state index contributed by atoms with van der Waals surface area (Å²) in [5.41, 5.74) is 1.67. The zero-order valence-corrected chi connectivity index (χ0v) is 16.9. The number of allylic oxidation sites excluding steroid dienone is 1. The predicted octanol–water partition coefficient (Wildman–Crippen LogP) is 3.92. The molecule has 0 aromatic carbocycles. The lowest BCUT2D eigenvalue weighted by Crippen LogP contribution is -2.49. The van der Waals surface area contributed by atoms with Crippen molar-refractivity contribution in [3.63, 3.8) is 0 Å². The van der Waals surface area contributed by atoms with Gasteiger partial charge in [-0.2, -0.15) is 0 Å². The topological polar surface area (TPSA) is 81.5 Å². The molecule has 0 radical (unpaired) electrons. The van der Waals surface area contributed by atoms with Crippen molar-refractivity contribution in [2.45, 2.75) is 51.7 Å². The predicted molar refractivity (Wildman–Crippen MR) is 101 cm³/mol. The fourth-order valence-electron chi connectivity index (χ4n) is 3.59. The maximum Gasteiger partial charge on any atom is 0.303 e. The number of methoxy groups -OCH3 is 1. The van der Waals surface area contributed by atoms with Crippen LogP contribution in [0.1, 0.15) is 44.9 Å². The maximum atomic E-state index is 12.9. The quantitative estimate of drug-likeness (QED) is 0.753. The van der Waals surface area contributed by atoms with E-state index in [1.54, 1.807) is 13.2 Å². The van der Waals surface area contributed by atoms with Crippen molar-refractivity contribution >= 4 is 33.0 Å². The molecule has 0 saturated heterocycles. The molecule has 2 atom stereocenters. The van der Waals surface area contributed by atoms with Gasteiger partial charge in [-0.05, 0) is 37.2 Å². The first-order valence-corrected chi connectivity index (χ1v) is 9.26. The molecule has 1 aliphatic rings. The Morgan fingerprint density at radius 3 is 2.77 bits per heavy atom. The molecule has 140 valence electrons. The number of nitrogens with one attached hydrogen (secondary N) is 1. The van der Waals surface area contributed by atoms with Crippen LogP contribution in [0.3, 0.4) is 0 Å². The monoisotopic (exact) mass is 423 g/mol. The summed E-state index contributed by atoms with van der Waals surface area (Å²) < 4.78 is 17.9. The summed E-state index contributed by atoms with van der Waals surface area (Å²) in [4.78, 5) is 27.8. The number of aromatic amines is 1. The molecule has 0 saturated carbocycles. The van der Waals surface area contributed by atoms with E-state index in [2.05, 4.69) is 20.9 Å². The first-order valence-electron chi connectivity index (χ1n) is 8.47. The van der Waals surface area contributed by atoms with E-state index in [9.17, 15) is 9.59 Å². The van der Waals surface area contributed by atoms with Crippen LogP contribution in [0.5, 0.6) is 0 Å². The van der Waals surface area contributed by atoms with E-state index < -0.39 is 11.7 Å². The second kappa shape index (κ2) is 7.04. The largest absolute Gasteiger partial charge is 0.459 e. The maximum absolute atomic E-state index is 12.9. The van der Waals surface area contributed by atoms with Gasteiger partial charge in [-0.3, -0.25) is 9.59 Å². The number of halogens is 1. The highest BCUT2D eigenvalue weighted by atomic mass is 79.9. The lowest BCUT2D eigenvalue weighted by Gasteiger charge is -2.43. The number of esters is 1. The van der Waals surface area contributed by atoms with Gasteiger partial charge in [0.15, 0.2) is 5.43 Å². The molecule has 26 heavy (non-hydrogen) atoms. The highest BCUT2D eigenvalue weighted by molar-refractivity contribution is 9.11. The Balaban J connectivity index is 2.27. The Labute approximate surface area is 159 Å². The molecule has 0 amide bonds. The van der Waals surface area contributed by atoms with Crippen LogP contribution < -0.4 is 5.43 Å². The second-order valence-corrected chi connectivity index (χ2v) is 7.74. The van der Waals surface area contributed by atoms with Crippen LogP contribution in [0.15, 0.2) is 31.6 Å². The normalized spacial score (nSPS) is 22.1. The highest BCUT2D eigenvalue weighted by Gasteiger charge is 2.49. The number of hydrogen-bond donors (Lipinski definition) is 1. The number of carbonyl (C=O) groups is 1. The van der Waals surface area contributed by atoms with Crippen LogP contribution in [0.2, 0.25) is 0 Å². The van der Waals surface area contributed by atoms with Gasteiger partial charge in [0.2, 0.25) is 5.71 Å². The van der Waals surface area contributed by atoms with Crippen LogP contribution in [-0.4, -0.2) is 24.2 Å². The first-order chi connectivity index (χ1) is 12.3. The number of ether oxygens (including phenoxy) is 2. The van der Waals surface area contributed by atoms with Crippen LogP contribution in [0.4, 0.5) is 0 Å². The van der Waals surface area contributed by atoms with Crippen LogP contribution in [0, 0.1) is 0 Å². The Hall–Kier alpha value is -1.86. The number of hydrogen-bond acceptors (Lipinski definition) is 5. The summed E-state index contributed by atoms with van der Waals surface area (Å²) >= 11 is 3.60. The Kier molecular flexibility index (Phi) is 5.12. The number of aromatic nitrogens is 1. The molecule has 2 aromatic rings. The third-order valence-corrected chi connectivity index (χ3v) is 6.03. The molecule has 2 unspecified atom stereocenters. The molecule has 1 aliphatic carbocycles. The van der Waals surface area contributed by atoms with Crippen LogP contribution >= 0.6 is 15.9 Å². The van der Waals surface area contributed by atoms with Crippen molar-refractivity contribution in [2.75, 3.05) is 7.11 Å². The van der Waals surface area contributed by atoms with Gasteiger partial charge in [0.25, 0.3) is 0 Å². The SMILES string of the molecule is COC1(CC(Br)=C(C)C)c2[nH]c3occc3c(=O)c2CCC1OC(C)=O. The molecular weight excluding hydrogens is 402 g/mol.